The van der Waals surface area contributed by atoms with Gasteiger partial charge < -0.3 is 14.2 Å². The van der Waals surface area contributed by atoms with Gasteiger partial charge in [0.1, 0.15) is 13.2 Å². The van der Waals surface area contributed by atoms with Crippen LogP contribution in [0.3, 0.4) is 0 Å². The third kappa shape index (κ3) is 60.6. The molecule has 0 saturated heterocycles. The Hall–Kier alpha value is -4.19. The summed E-state index contributed by atoms with van der Waals surface area (Å²) in [5.41, 5.74) is 0. The lowest BCUT2D eigenvalue weighted by Crippen LogP contribution is -2.30. The smallest absolute Gasteiger partial charge is 0.306 e. The summed E-state index contributed by atoms with van der Waals surface area (Å²) in [5.74, 6) is -0.972. The predicted octanol–water partition coefficient (Wildman–Crippen LogP) is 21.2. The lowest BCUT2D eigenvalue weighted by molar-refractivity contribution is -0.167. The molecule has 0 aliphatic rings. The molecule has 0 aliphatic heterocycles. The zero-order valence-electron chi connectivity index (χ0n) is 48.8. The Balaban J connectivity index is 4.41. The van der Waals surface area contributed by atoms with E-state index in [2.05, 4.69) is 142 Å². The Morgan fingerprint density at radius 3 is 0.867 bits per heavy atom. The highest BCUT2D eigenvalue weighted by atomic mass is 16.6. The first kappa shape index (κ1) is 70.8. The van der Waals surface area contributed by atoms with E-state index in [1.807, 2.05) is 0 Å². The molecule has 0 N–H and O–H groups in total. The van der Waals surface area contributed by atoms with Crippen molar-refractivity contribution in [2.45, 2.75) is 284 Å². The first-order valence-electron chi connectivity index (χ1n) is 31.0. The van der Waals surface area contributed by atoms with Crippen molar-refractivity contribution in [3.63, 3.8) is 0 Å². The number of carbonyl (C=O) groups excluding carboxylic acids is 3. The van der Waals surface area contributed by atoms with Crippen molar-refractivity contribution >= 4 is 17.9 Å². The molecule has 6 nitrogen and oxygen atoms in total. The van der Waals surface area contributed by atoms with Crippen LogP contribution in [0, 0.1) is 0 Å². The van der Waals surface area contributed by atoms with Gasteiger partial charge in [0, 0.05) is 19.3 Å². The molecule has 0 aromatic heterocycles. The average molecular weight is 1040 g/mol. The molecule has 426 valence electrons. The van der Waals surface area contributed by atoms with Crippen LogP contribution in [0.15, 0.2) is 122 Å². The van der Waals surface area contributed by atoms with Gasteiger partial charge in [0.05, 0.1) is 0 Å². The van der Waals surface area contributed by atoms with Crippen LogP contribution in [0.2, 0.25) is 0 Å². The zero-order valence-corrected chi connectivity index (χ0v) is 48.8. The average Bonchev–Trinajstić information content (AvgIpc) is 3.41. The summed E-state index contributed by atoms with van der Waals surface area (Å²) >= 11 is 0. The first-order valence-corrected chi connectivity index (χ1v) is 31.0. The second kappa shape index (κ2) is 62.4. The maximum atomic E-state index is 12.9. The minimum absolute atomic E-state index is 0.106. The van der Waals surface area contributed by atoms with Crippen LogP contribution in [0.5, 0.6) is 0 Å². The van der Waals surface area contributed by atoms with E-state index < -0.39 is 6.10 Å². The monoisotopic (exact) mass is 1040 g/mol. The van der Waals surface area contributed by atoms with Crippen molar-refractivity contribution in [1.82, 2.24) is 0 Å². The Bertz CT molecular complexity index is 1570. The van der Waals surface area contributed by atoms with Crippen LogP contribution >= 0.6 is 0 Å². The Morgan fingerprint density at radius 1 is 0.280 bits per heavy atom. The molecule has 75 heavy (non-hydrogen) atoms. The summed E-state index contributed by atoms with van der Waals surface area (Å²) in [7, 11) is 0. The van der Waals surface area contributed by atoms with E-state index in [0.717, 1.165) is 116 Å². The molecule has 0 fully saturated rings. The quantitative estimate of drug-likeness (QED) is 0.0261. The van der Waals surface area contributed by atoms with Crippen LogP contribution in [-0.2, 0) is 28.6 Å². The topological polar surface area (TPSA) is 78.9 Å². The number of hydrogen-bond donors (Lipinski definition) is 0. The van der Waals surface area contributed by atoms with Crippen LogP contribution < -0.4 is 0 Å². The molecule has 0 spiro atoms. The van der Waals surface area contributed by atoms with Crippen LogP contribution in [0.4, 0.5) is 0 Å². The fourth-order valence-electron chi connectivity index (χ4n) is 8.35. The molecule has 1 unspecified atom stereocenters. The summed E-state index contributed by atoms with van der Waals surface area (Å²) in [6.45, 7) is 6.36. The van der Waals surface area contributed by atoms with Crippen molar-refractivity contribution in [1.29, 1.82) is 0 Å². The molecule has 0 radical (unpaired) electrons. The van der Waals surface area contributed by atoms with Crippen molar-refractivity contribution in [3.8, 4) is 0 Å². The second-order valence-corrected chi connectivity index (χ2v) is 20.2. The van der Waals surface area contributed by atoms with E-state index in [1.165, 1.54) is 116 Å². The van der Waals surface area contributed by atoms with E-state index in [-0.39, 0.29) is 37.5 Å². The number of unbranched alkanes of at least 4 members (excludes halogenated alkanes) is 24. The Labute approximate surface area is 462 Å². The van der Waals surface area contributed by atoms with E-state index >= 15 is 0 Å². The third-order valence-electron chi connectivity index (χ3n) is 12.9. The molecule has 0 rings (SSSR count). The molecular weight excluding hydrogens is 925 g/mol. The zero-order chi connectivity index (χ0) is 54.3. The van der Waals surface area contributed by atoms with Gasteiger partial charge in [0.25, 0.3) is 0 Å². The number of esters is 3. The van der Waals surface area contributed by atoms with Gasteiger partial charge in [0.2, 0.25) is 0 Å². The number of carbonyl (C=O) groups is 3. The summed E-state index contributed by atoms with van der Waals surface area (Å²) < 4.78 is 16.9. The van der Waals surface area contributed by atoms with Crippen molar-refractivity contribution < 1.29 is 28.6 Å². The molecule has 6 heteroatoms. The summed E-state index contributed by atoms with van der Waals surface area (Å²) in [6.07, 6.45) is 86.3. The van der Waals surface area contributed by atoms with Gasteiger partial charge in [-0.15, -0.1) is 0 Å². The molecule has 0 amide bonds. The van der Waals surface area contributed by atoms with Gasteiger partial charge >= 0.3 is 17.9 Å². The fourth-order valence-corrected chi connectivity index (χ4v) is 8.35. The Morgan fingerprint density at radius 2 is 0.533 bits per heavy atom. The number of hydrogen-bond acceptors (Lipinski definition) is 6. The van der Waals surface area contributed by atoms with E-state index in [1.54, 1.807) is 0 Å². The maximum Gasteiger partial charge on any atom is 0.306 e. The first-order chi connectivity index (χ1) is 37.0. The lowest BCUT2D eigenvalue weighted by atomic mass is 10.0. The van der Waals surface area contributed by atoms with E-state index in [0.29, 0.717) is 19.3 Å². The van der Waals surface area contributed by atoms with Crippen LogP contribution in [0.1, 0.15) is 278 Å². The molecular formula is C69H114O6. The normalized spacial score (nSPS) is 12.9. The molecule has 0 saturated carbocycles. The second-order valence-electron chi connectivity index (χ2n) is 20.2. The van der Waals surface area contributed by atoms with Crippen molar-refractivity contribution in [3.05, 3.63) is 122 Å². The highest BCUT2D eigenvalue weighted by Crippen LogP contribution is 2.15. The van der Waals surface area contributed by atoms with Gasteiger partial charge in [-0.1, -0.05) is 258 Å². The van der Waals surface area contributed by atoms with Crippen molar-refractivity contribution in [2.75, 3.05) is 13.2 Å². The largest absolute Gasteiger partial charge is 0.462 e. The number of rotatable bonds is 55. The molecule has 0 aromatic carbocycles. The minimum atomic E-state index is -0.815. The van der Waals surface area contributed by atoms with Crippen LogP contribution in [0.25, 0.3) is 0 Å². The van der Waals surface area contributed by atoms with Gasteiger partial charge in [-0.2, -0.15) is 0 Å². The highest BCUT2D eigenvalue weighted by molar-refractivity contribution is 5.71. The van der Waals surface area contributed by atoms with Gasteiger partial charge in [-0.25, -0.2) is 0 Å². The maximum absolute atomic E-state index is 12.9. The molecule has 0 heterocycles. The van der Waals surface area contributed by atoms with E-state index in [4.69, 9.17) is 14.2 Å². The standard InChI is InChI=1S/C69H114O6/c1-4-7-10-13-16-19-22-25-28-30-31-32-33-34-35-36-37-39-41-44-47-50-53-56-59-62-68(71)74-65-66(64-73-67(70)61-58-55-52-49-46-43-40-27-24-21-18-15-12-9-6-3)75-69(72)63-60-57-54-51-48-45-42-38-29-26-23-20-17-14-11-8-5-2/h7-8,10-11,16-17,19-20,25-29,31-32,40,42,45,51,54,66H,4-6,9,12-15,18,21-24,30,33-39,41,43-44,46-50,52-53,55-65H2,1-3H3/b10-7-,11-8-,19-16-,20-17-,28-25-,29-26-,32-31-,40-27-,45-42-,54-51-. The fraction of sp³-hybridized carbons (Fsp3) is 0.667. The van der Waals surface area contributed by atoms with Crippen LogP contribution in [-0.4, -0.2) is 37.2 Å². The predicted molar refractivity (Wildman–Crippen MR) is 325 cm³/mol. The number of ether oxygens (including phenoxy) is 3. The van der Waals surface area contributed by atoms with Gasteiger partial charge in [-0.3, -0.25) is 14.4 Å². The Kier molecular flexibility index (Phi) is 58.9. The summed E-state index contributed by atoms with van der Waals surface area (Å²) in [4.78, 5) is 38.3. The van der Waals surface area contributed by atoms with Gasteiger partial charge in [-0.05, 0) is 122 Å². The SMILES string of the molecule is CC/C=C\C/C=C\C/C=C\C/C=C\C/C=C\CCCC(=O)OC(COC(=O)CCCCCCC/C=C\CCCCCCCC)COC(=O)CCCCCCCCCCCCCC/C=C\C/C=C\C/C=C\C/C=C\CC. The molecule has 1 atom stereocenters. The molecule has 0 aliphatic carbocycles. The summed E-state index contributed by atoms with van der Waals surface area (Å²) in [6, 6.07) is 0. The highest BCUT2D eigenvalue weighted by Gasteiger charge is 2.19. The van der Waals surface area contributed by atoms with Gasteiger partial charge in [0.15, 0.2) is 6.10 Å². The number of allylic oxidation sites excluding steroid dienone is 20. The van der Waals surface area contributed by atoms with Crippen molar-refractivity contribution in [2.24, 2.45) is 0 Å². The molecule has 0 aromatic rings. The van der Waals surface area contributed by atoms with E-state index in [9.17, 15) is 14.4 Å². The lowest BCUT2D eigenvalue weighted by Gasteiger charge is -2.18. The minimum Gasteiger partial charge on any atom is -0.462 e. The summed E-state index contributed by atoms with van der Waals surface area (Å²) in [5, 5.41) is 0. The third-order valence-corrected chi connectivity index (χ3v) is 12.9. The molecule has 0 bridgehead atoms.